The first-order valence-electron chi connectivity index (χ1n) is 5.60. The third kappa shape index (κ3) is 3.69. The number of aromatic nitrogens is 1. The van der Waals surface area contributed by atoms with Crippen molar-refractivity contribution >= 4 is 5.97 Å². The molecule has 0 aliphatic carbocycles. The summed E-state index contributed by atoms with van der Waals surface area (Å²) >= 11 is 0. The maximum Gasteiger partial charge on any atom is 0.311 e. The van der Waals surface area contributed by atoms with Crippen LogP contribution in [-0.4, -0.2) is 17.6 Å². The van der Waals surface area contributed by atoms with E-state index in [1.807, 2.05) is 0 Å². The molecule has 5 nitrogen and oxygen atoms in total. The van der Waals surface area contributed by atoms with Crippen molar-refractivity contribution in [2.24, 2.45) is 5.73 Å². The minimum atomic E-state index is -2.78. The maximum atomic E-state index is 12.9. The molecule has 0 aliphatic rings. The number of pyridine rings is 1. The summed E-state index contributed by atoms with van der Waals surface area (Å²) in [5.74, 6) is -0.597. The molecule has 7 heteroatoms. The molecule has 1 rings (SSSR count). The van der Waals surface area contributed by atoms with Gasteiger partial charge in [-0.05, 0) is 18.6 Å². The molecule has 0 aliphatic heterocycles. The SMILES string of the molecule is CCOC(=O)Cc1nc(C#N)cc(C(F)F)c1CN. The number of nitriles is 1. The van der Waals surface area contributed by atoms with Crippen molar-refractivity contribution in [2.45, 2.75) is 26.3 Å². The number of halogens is 2. The lowest BCUT2D eigenvalue weighted by molar-refractivity contribution is -0.142. The second kappa shape index (κ2) is 6.75. The van der Waals surface area contributed by atoms with Crippen molar-refractivity contribution in [2.75, 3.05) is 6.61 Å². The van der Waals surface area contributed by atoms with Gasteiger partial charge in [-0.1, -0.05) is 0 Å². The summed E-state index contributed by atoms with van der Waals surface area (Å²) in [5.41, 5.74) is 5.03. The van der Waals surface area contributed by atoms with Crippen LogP contribution in [0.1, 0.15) is 35.9 Å². The van der Waals surface area contributed by atoms with Gasteiger partial charge in [0.2, 0.25) is 0 Å². The summed E-state index contributed by atoms with van der Waals surface area (Å²) in [4.78, 5) is 15.2. The third-order valence-electron chi connectivity index (χ3n) is 2.42. The van der Waals surface area contributed by atoms with Gasteiger partial charge in [-0.2, -0.15) is 5.26 Å². The molecule has 0 bridgehead atoms. The van der Waals surface area contributed by atoms with Gasteiger partial charge in [0.25, 0.3) is 6.43 Å². The number of hydrogen-bond acceptors (Lipinski definition) is 5. The number of ether oxygens (including phenoxy) is 1. The Bertz CT molecular complexity index is 512. The van der Waals surface area contributed by atoms with Gasteiger partial charge in [-0.3, -0.25) is 4.79 Å². The summed E-state index contributed by atoms with van der Waals surface area (Å²) in [7, 11) is 0. The fourth-order valence-electron chi connectivity index (χ4n) is 1.63. The Morgan fingerprint density at radius 1 is 1.63 bits per heavy atom. The highest BCUT2D eigenvalue weighted by Gasteiger charge is 2.20. The van der Waals surface area contributed by atoms with Crippen molar-refractivity contribution in [3.8, 4) is 6.07 Å². The van der Waals surface area contributed by atoms with E-state index < -0.39 is 12.4 Å². The highest BCUT2D eigenvalue weighted by Crippen LogP contribution is 2.25. The molecule has 0 radical (unpaired) electrons. The molecule has 0 amide bonds. The van der Waals surface area contributed by atoms with Gasteiger partial charge < -0.3 is 10.5 Å². The van der Waals surface area contributed by atoms with Crippen LogP contribution >= 0.6 is 0 Å². The number of nitrogens with zero attached hydrogens (tertiary/aromatic N) is 2. The van der Waals surface area contributed by atoms with Gasteiger partial charge in [0.1, 0.15) is 11.8 Å². The van der Waals surface area contributed by atoms with E-state index in [0.717, 1.165) is 6.07 Å². The van der Waals surface area contributed by atoms with E-state index in [9.17, 15) is 13.6 Å². The molecular formula is C12H13F2N3O2. The number of nitrogens with two attached hydrogens (primary N) is 1. The summed E-state index contributed by atoms with van der Waals surface area (Å²) in [6, 6.07) is 2.67. The standard InChI is InChI=1S/C12H13F2N3O2/c1-2-19-11(18)4-10-9(6-16)8(12(13)14)3-7(5-15)17-10/h3,12H,2,4,6,16H2,1H3. The smallest absolute Gasteiger partial charge is 0.311 e. The number of alkyl halides is 2. The van der Waals surface area contributed by atoms with Crippen molar-refractivity contribution in [1.82, 2.24) is 4.98 Å². The van der Waals surface area contributed by atoms with E-state index in [2.05, 4.69) is 4.98 Å². The van der Waals surface area contributed by atoms with Gasteiger partial charge in [-0.25, -0.2) is 13.8 Å². The van der Waals surface area contributed by atoms with Crippen LogP contribution in [-0.2, 0) is 22.5 Å². The van der Waals surface area contributed by atoms with E-state index in [-0.39, 0.29) is 42.1 Å². The fourth-order valence-corrected chi connectivity index (χ4v) is 1.63. The van der Waals surface area contributed by atoms with Crippen LogP contribution in [0.5, 0.6) is 0 Å². The highest BCUT2D eigenvalue weighted by atomic mass is 19.3. The third-order valence-corrected chi connectivity index (χ3v) is 2.42. The van der Waals surface area contributed by atoms with Crippen molar-refractivity contribution < 1.29 is 18.3 Å². The fraction of sp³-hybridized carbons (Fsp3) is 0.417. The van der Waals surface area contributed by atoms with Crippen molar-refractivity contribution in [3.05, 3.63) is 28.6 Å². The van der Waals surface area contributed by atoms with Crippen LogP contribution in [0.3, 0.4) is 0 Å². The topological polar surface area (TPSA) is 89.0 Å². The Labute approximate surface area is 109 Å². The monoisotopic (exact) mass is 269 g/mol. The van der Waals surface area contributed by atoms with E-state index >= 15 is 0 Å². The van der Waals surface area contributed by atoms with E-state index in [1.165, 1.54) is 0 Å². The zero-order chi connectivity index (χ0) is 14.4. The number of hydrogen-bond donors (Lipinski definition) is 1. The molecule has 1 heterocycles. The van der Waals surface area contributed by atoms with Gasteiger partial charge in [-0.15, -0.1) is 0 Å². The first kappa shape index (κ1) is 15.0. The molecule has 0 saturated carbocycles. The molecular weight excluding hydrogens is 256 g/mol. The van der Waals surface area contributed by atoms with Crippen LogP contribution in [0, 0.1) is 11.3 Å². The predicted octanol–water partition coefficient (Wildman–Crippen LogP) is 1.46. The largest absolute Gasteiger partial charge is 0.466 e. The first-order chi connectivity index (χ1) is 9.03. The van der Waals surface area contributed by atoms with Crippen LogP contribution in [0.15, 0.2) is 6.07 Å². The number of carbonyl (C=O) groups excluding carboxylic acids is 1. The van der Waals surface area contributed by atoms with Crippen LogP contribution in [0.4, 0.5) is 8.78 Å². The summed E-state index contributed by atoms with van der Waals surface area (Å²) < 4.78 is 30.5. The molecule has 0 unspecified atom stereocenters. The van der Waals surface area contributed by atoms with Crippen molar-refractivity contribution in [3.63, 3.8) is 0 Å². The van der Waals surface area contributed by atoms with Gasteiger partial charge in [0.15, 0.2) is 0 Å². The number of carbonyl (C=O) groups is 1. The van der Waals surface area contributed by atoms with Gasteiger partial charge >= 0.3 is 5.97 Å². The molecule has 0 aromatic carbocycles. The number of rotatable bonds is 5. The Morgan fingerprint density at radius 2 is 2.32 bits per heavy atom. The quantitative estimate of drug-likeness (QED) is 0.817. The van der Waals surface area contributed by atoms with Gasteiger partial charge in [0, 0.05) is 12.1 Å². The average molecular weight is 269 g/mol. The second-order valence-corrected chi connectivity index (χ2v) is 3.62. The maximum absolute atomic E-state index is 12.9. The molecule has 19 heavy (non-hydrogen) atoms. The molecule has 0 atom stereocenters. The van der Waals surface area contributed by atoms with E-state index in [1.54, 1.807) is 13.0 Å². The lowest BCUT2D eigenvalue weighted by Gasteiger charge is -2.12. The summed E-state index contributed by atoms with van der Waals surface area (Å²) in [6.45, 7) is 1.62. The Morgan fingerprint density at radius 3 is 2.79 bits per heavy atom. The minimum absolute atomic E-state index is 0.0651. The van der Waals surface area contributed by atoms with E-state index in [0.29, 0.717) is 0 Å². The highest BCUT2D eigenvalue weighted by molar-refractivity contribution is 5.72. The average Bonchev–Trinajstić information content (AvgIpc) is 2.37. The number of esters is 1. The normalized spacial score (nSPS) is 10.3. The zero-order valence-corrected chi connectivity index (χ0v) is 10.3. The minimum Gasteiger partial charge on any atom is -0.466 e. The lowest BCUT2D eigenvalue weighted by atomic mass is 10.0. The first-order valence-corrected chi connectivity index (χ1v) is 5.60. The van der Waals surface area contributed by atoms with Gasteiger partial charge in [0.05, 0.1) is 18.7 Å². The van der Waals surface area contributed by atoms with Crippen LogP contribution in [0.25, 0.3) is 0 Å². The van der Waals surface area contributed by atoms with Crippen LogP contribution < -0.4 is 5.73 Å². The van der Waals surface area contributed by atoms with E-state index in [4.69, 9.17) is 15.7 Å². The molecule has 1 aromatic heterocycles. The van der Waals surface area contributed by atoms with Crippen molar-refractivity contribution in [1.29, 1.82) is 5.26 Å². The lowest BCUT2D eigenvalue weighted by Crippen LogP contribution is -2.15. The Hall–Kier alpha value is -2.07. The molecule has 0 saturated heterocycles. The molecule has 0 fully saturated rings. The molecule has 102 valence electrons. The van der Waals surface area contributed by atoms with Crippen LogP contribution in [0.2, 0.25) is 0 Å². The molecule has 1 aromatic rings. The second-order valence-electron chi connectivity index (χ2n) is 3.62. The molecule has 2 N–H and O–H groups in total. The zero-order valence-electron chi connectivity index (χ0n) is 10.3. The Kier molecular flexibility index (Phi) is 5.33. The molecule has 0 spiro atoms. The summed E-state index contributed by atoms with van der Waals surface area (Å²) in [6.07, 6.45) is -3.06. The summed E-state index contributed by atoms with van der Waals surface area (Å²) in [5, 5.41) is 8.76. The Balaban J connectivity index is 3.24. The predicted molar refractivity (Wildman–Crippen MR) is 62.1 cm³/mol.